The zero-order chi connectivity index (χ0) is 19.0. The minimum atomic E-state index is -0.492. The van der Waals surface area contributed by atoms with E-state index in [9.17, 15) is 19.7 Å². The Labute approximate surface area is 152 Å². The van der Waals surface area contributed by atoms with Crippen molar-refractivity contribution >= 4 is 23.7 Å². The van der Waals surface area contributed by atoms with Crippen molar-refractivity contribution in [2.45, 2.75) is 0 Å². The molecule has 4 rings (SSSR count). The third kappa shape index (κ3) is 2.89. The summed E-state index contributed by atoms with van der Waals surface area (Å²) in [6.45, 7) is 0. The van der Waals surface area contributed by atoms with Crippen molar-refractivity contribution in [3.8, 4) is 11.3 Å². The third-order valence-electron chi connectivity index (χ3n) is 4.06. The largest absolute Gasteiger partial charge is 0.455 e. The molecule has 27 heavy (non-hydrogen) atoms. The lowest BCUT2D eigenvalue weighted by molar-refractivity contribution is -0.384. The molecule has 0 bridgehead atoms. The topological polar surface area (TPSA) is 106 Å². The molecule has 2 aromatic carbocycles. The second-order valence-electron chi connectivity index (χ2n) is 5.72. The quantitative estimate of drug-likeness (QED) is 0.306. The van der Waals surface area contributed by atoms with Crippen LogP contribution < -0.4 is 0 Å². The number of benzene rings is 2. The highest BCUT2D eigenvalue weighted by Gasteiger charge is 2.35. The summed E-state index contributed by atoms with van der Waals surface area (Å²) < 4.78 is 5.61. The maximum Gasteiger partial charge on any atom is 0.282 e. The van der Waals surface area contributed by atoms with Crippen molar-refractivity contribution < 1.29 is 18.9 Å². The number of hydrogen-bond donors (Lipinski definition) is 0. The Kier molecular flexibility index (Phi) is 3.85. The van der Waals surface area contributed by atoms with Crippen LogP contribution in [0.25, 0.3) is 11.3 Å². The van der Waals surface area contributed by atoms with Crippen LogP contribution >= 0.6 is 0 Å². The summed E-state index contributed by atoms with van der Waals surface area (Å²) in [6.07, 6.45) is 1.27. The molecule has 0 unspecified atom stereocenters. The SMILES string of the molecule is O=C1c2ccccc2C(=O)N1N=Cc1ccc(-c2ccc([N+](=O)[O-])cc2)o1. The van der Waals surface area contributed by atoms with Gasteiger partial charge in [-0.1, -0.05) is 12.1 Å². The summed E-state index contributed by atoms with van der Waals surface area (Å²) in [7, 11) is 0. The second kappa shape index (κ2) is 6.34. The molecule has 8 nitrogen and oxygen atoms in total. The highest BCUT2D eigenvalue weighted by molar-refractivity contribution is 6.21. The molecule has 3 aromatic rings. The van der Waals surface area contributed by atoms with E-state index in [4.69, 9.17) is 4.42 Å². The minimum Gasteiger partial charge on any atom is -0.455 e. The van der Waals surface area contributed by atoms with Gasteiger partial charge in [0.05, 0.1) is 22.3 Å². The second-order valence-corrected chi connectivity index (χ2v) is 5.72. The van der Waals surface area contributed by atoms with E-state index in [1.165, 1.54) is 18.3 Å². The molecular weight excluding hydrogens is 350 g/mol. The number of fused-ring (bicyclic) bond motifs is 1. The number of carbonyl (C=O) groups excluding carboxylic acids is 2. The smallest absolute Gasteiger partial charge is 0.282 e. The molecular formula is C19H11N3O5. The van der Waals surface area contributed by atoms with E-state index >= 15 is 0 Å². The fraction of sp³-hybridized carbons (Fsp3) is 0. The number of nitrogens with zero attached hydrogens (tertiary/aromatic N) is 3. The number of furan rings is 1. The molecule has 0 saturated heterocycles. The van der Waals surface area contributed by atoms with Gasteiger partial charge in [0.25, 0.3) is 17.5 Å². The Bertz CT molecular complexity index is 1060. The van der Waals surface area contributed by atoms with Crippen molar-refractivity contribution in [1.82, 2.24) is 5.01 Å². The number of non-ortho nitro benzene ring substituents is 1. The van der Waals surface area contributed by atoms with Crippen molar-refractivity contribution in [2.24, 2.45) is 5.10 Å². The highest BCUT2D eigenvalue weighted by atomic mass is 16.6. The van der Waals surface area contributed by atoms with Gasteiger partial charge in [-0.25, -0.2) is 0 Å². The number of hydrazone groups is 1. The van der Waals surface area contributed by atoms with E-state index in [1.54, 1.807) is 48.5 Å². The number of carbonyl (C=O) groups is 2. The maximum atomic E-state index is 12.2. The molecule has 0 aliphatic carbocycles. The monoisotopic (exact) mass is 361 g/mol. The van der Waals surface area contributed by atoms with Crippen molar-refractivity contribution in [2.75, 3.05) is 0 Å². The van der Waals surface area contributed by atoms with Crippen LogP contribution in [0.4, 0.5) is 5.69 Å². The Morgan fingerprint density at radius 1 is 0.926 bits per heavy atom. The summed E-state index contributed by atoms with van der Waals surface area (Å²) in [4.78, 5) is 34.7. The van der Waals surface area contributed by atoms with Gasteiger partial charge in [-0.2, -0.15) is 10.1 Å². The van der Waals surface area contributed by atoms with Gasteiger partial charge >= 0.3 is 0 Å². The Morgan fingerprint density at radius 2 is 1.56 bits per heavy atom. The van der Waals surface area contributed by atoms with Crippen molar-refractivity contribution in [3.63, 3.8) is 0 Å². The molecule has 0 saturated carbocycles. The molecule has 8 heteroatoms. The fourth-order valence-corrected chi connectivity index (χ4v) is 2.72. The first kappa shape index (κ1) is 16.4. The van der Waals surface area contributed by atoms with Gasteiger partial charge in [0, 0.05) is 17.7 Å². The van der Waals surface area contributed by atoms with Crippen LogP contribution in [-0.4, -0.2) is 28.0 Å². The number of hydrogen-bond acceptors (Lipinski definition) is 6. The van der Waals surface area contributed by atoms with E-state index in [0.717, 1.165) is 5.01 Å². The third-order valence-corrected chi connectivity index (χ3v) is 4.06. The number of nitro groups is 1. The first-order chi connectivity index (χ1) is 13.0. The lowest BCUT2D eigenvalue weighted by atomic mass is 10.1. The minimum absolute atomic E-state index is 0.0160. The normalized spacial score (nSPS) is 13.4. The van der Waals surface area contributed by atoms with E-state index < -0.39 is 16.7 Å². The zero-order valence-corrected chi connectivity index (χ0v) is 13.7. The molecule has 0 N–H and O–H groups in total. The Balaban J connectivity index is 1.54. The first-order valence-corrected chi connectivity index (χ1v) is 7.91. The van der Waals surface area contributed by atoms with Crippen LogP contribution in [0, 0.1) is 10.1 Å². The predicted octanol–water partition coefficient (Wildman–Crippen LogP) is 3.48. The van der Waals surface area contributed by atoms with Gasteiger partial charge in [-0.05, 0) is 36.4 Å². The van der Waals surface area contributed by atoms with Crippen LogP contribution in [0.15, 0.2) is 70.2 Å². The summed E-state index contributed by atoms with van der Waals surface area (Å²) in [5.41, 5.74) is 1.26. The van der Waals surface area contributed by atoms with Crippen LogP contribution in [-0.2, 0) is 0 Å². The molecule has 1 aliphatic rings. The first-order valence-electron chi connectivity index (χ1n) is 7.91. The molecule has 1 aromatic heterocycles. The van der Waals surface area contributed by atoms with E-state index in [1.807, 2.05) is 0 Å². The summed E-state index contributed by atoms with van der Waals surface area (Å²) >= 11 is 0. The fourth-order valence-electron chi connectivity index (χ4n) is 2.72. The number of amides is 2. The van der Waals surface area contributed by atoms with E-state index in [2.05, 4.69) is 5.10 Å². The van der Waals surface area contributed by atoms with Gasteiger partial charge in [-0.3, -0.25) is 19.7 Å². The number of nitro benzene ring substituents is 1. The molecule has 2 amide bonds. The summed E-state index contributed by atoms with van der Waals surface area (Å²) in [5.74, 6) is -0.170. The highest BCUT2D eigenvalue weighted by Crippen LogP contribution is 2.25. The lowest BCUT2D eigenvalue weighted by Gasteiger charge is -2.04. The average Bonchev–Trinajstić information content (AvgIpc) is 3.25. The number of rotatable bonds is 4. The zero-order valence-electron chi connectivity index (χ0n) is 13.7. The standard InChI is InChI=1S/C19H11N3O5/c23-18-15-3-1-2-4-16(15)19(24)21(18)20-11-14-9-10-17(27-14)12-5-7-13(8-6-12)22(25)26/h1-11H. The molecule has 132 valence electrons. The molecule has 0 radical (unpaired) electrons. The van der Waals surface area contributed by atoms with Gasteiger partial charge in [0.1, 0.15) is 11.5 Å². The van der Waals surface area contributed by atoms with Gasteiger partial charge < -0.3 is 4.42 Å². The molecule has 0 atom stereocenters. The number of imide groups is 1. The predicted molar refractivity (Wildman–Crippen MR) is 95.3 cm³/mol. The maximum absolute atomic E-state index is 12.2. The van der Waals surface area contributed by atoms with Crippen LogP contribution in [0.1, 0.15) is 26.5 Å². The molecule has 2 heterocycles. The average molecular weight is 361 g/mol. The Hall–Kier alpha value is -4.07. The van der Waals surface area contributed by atoms with E-state index in [-0.39, 0.29) is 5.69 Å². The lowest BCUT2D eigenvalue weighted by Crippen LogP contribution is -2.23. The van der Waals surface area contributed by atoms with Crippen LogP contribution in [0.3, 0.4) is 0 Å². The van der Waals surface area contributed by atoms with Crippen LogP contribution in [0.2, 0.25) is 0 Å². The van der Waals surface area contributed by atoms with Gasteiger partial charge in [0.2, 0.25) is 0 Å². The summed E-state index contributed by atoms with van der Waals surface area (Å²) in [6, 6.07) is 15.7. The molecule has 1 aliphatic heterocycles. The molecule has 0 spiro atoms. The van der Waals surface area contributed by atoms with Crippen molar-refractivity contribution in [1.29, 1.82) is 0 Å². The van der Waals surface area contributed by atoms with Crippen LogP contribution in [0.5, 0.6) is 0 Å². The van der Waals surface area contributed by atoms with E-state index in [0.29, 0.717) is 28.2 Å². The van der Waals surface area contributed by atoms with Gasteiger partial charge in [0.15, 0.2) is 0 Å². The molecule has 0 fully saturated rings. The van der Waals surface area contributed by atoms with Crippen molar-refractivity contribution in [3.05, 3.63) is 87.7 Å². The summed E-state index contributed by atoms with van der Waals surface area (Å²) in [5, 5.41) is 15.4. The van der Waals surface area contributed by atoms with Gasteiger partial charge in [-0.15, -0.1) is 0 Å². The Morgan fingerprint density at radius 3 is 2.15 bits per heavy atom.